The van der Waals surface area contributed by atoms with Crippen molar-refractivity contribution in [2.75, 3.05) is 16.4 Å². The van der Waals surface area contributed by atoms with Crippen LogP contribution in [-0.2, 0) is 11.3 Å². The van der Waals surface area contributed by atoms with Crippen LogP contribution >= 0.6 is 23.1 Å². The zero-order chi connectivity index (χ0) is 22.3. The first kappa shape index (κ1) is 21.8. The molecule has 6 nitrogen and oxygen atoms in total. The third-order valence-corrected chi connectivity index (χ3v) is 6.53. The number of aromatic nitrogens is 1. The Morgan fingerprint density at radius 3 is 2.50 bits per heavy atom. The Labute approximate surface area is 192 Å². The smallest absolute Gasteiger partial charge is 0.323 e. The molecule has 0 radical (unpaired) electrons. The lowest BCUT2D eigenvalue weighted by Crippen LogP contribution is -2.24. The van der Waals surface area contributed by atoms with Crippen LogP contribution in [0.25, 0.3) is 10.2 Å². The van der Waals surface area contributed by atoms with Gasteiger partial charge in [0.05, 0.1) is 16.0 Å². The summed E-state index contributed by atoms with van der Waals surface area (Å²) in [5.41, 5.74) is 2.79. The van der Waals surface area contributed by atoms with Crippen molar-refractivity contribution >= 4 is 56.6 Å². The van der Waals surface area contributed by atoms with E-state index in [2.05, 4.69) is 20.9 Å². The number of nitrogens with one attached hydrogen (secondary N) is 3. The Morgan fingerprint density at radius 2 is 1.72 bits per heavy atom. The highest BCUT2D eigenvalue weighted by molar-refractivity contribution is 8.01. The van der Waals surface area contributed by atoms with Crippen LogP contribution in [0.2, 0.25) is 0 Å². The second-order valence-corrected chi connectivity index (χ2v) is 9.06. The fourth-order valence-electron chi connectivity index (χ4n) is 2.88. The van der Waals surface area contributed by atoms with Crippen LogP contribution in [-0.4, -0.2) is 22.7 Å². The summed E-state index contributed by atoms with van der Waals surface area (Å²) in [5.74, 6) is -0.212. The quantitative estimate of drug-likeness (QED) is 0.315. The van der Waals surface area contributed by atoms with Gasteiger partial charge in [0, 0.05) is 17.9 Å². The predicted octanol–water partition coefficient (Wildman–Crippen LogP) is 5.49. The van der Waals surface area contributed by atoms with Gasteiger partial charge in [-0.25, -0.2) is 14.2 Å². The highest BCUT2D eigenvalue weighted by atomic mass is 32.2. The molecule has 0 aliphatic carbocycles. The molecule has 162 valence electrons. The molecule has 0 atom stereocenters. The van der Waals surface area contributed by atoms with Crippen LogP contribution in [0.15, 0.2) is 77.1 Å². The lowest BCUT2D eigenvalue weighted by Gasteiger charge is -2.07. The summed E-state index contributed by atoms with van der Waals surface area (Å²) in [4.78, 5) is 28.8. The Morgan fingerprint density at radius 1 is 0.938 bits per heavy atom. The van der Waals surface area contributed by atoms with Crippen LogP contribution in [0.5, 0.6) is 0 Å². The molecular formula is C23H19FN4O2S2. The van der Waals surface area contributed by atoms with E-state index in [0.717, 1.165) is 20.1 Å². The minimum absolute atomic E-state index is 0.0607. The van der Waals surface area contributed by atoms with Gasteiger partial charge >= 0.3 is 6.03 Å². The first-order chi connectivity index (χ1) is 15.5. The molecule has 1 heterocycles. The average Bonchev–Trinajstić information content (AvgIpc) is 3.19. The van der Waals surface area contributed by atoms with Gasteiger partial charge < -0.3 is 16.0 Å². The summed E-state index contributed by atoms with van der Waals surface area (Å²) in [5, 5.41) is 8.22. The normalized spacial score (nSPS) is 10.7. The number of anilines is 2. The first-order valence-corrected chi connectivity index (χ1v) is 11.5. The third kappa shape index (κ3) is 6.05. The van der Waals surface area contributed by atoms with Gasteiger partial charge in [0.1, 0.15) is 5.82 Å². The molecule has 0 saturated carbocycles. The van der Waals surface area contributed by atoms with Crippen LogP contribution in [0.1, 0.15) is 5.56 Å². The minimum atomic E-state index is -0.468. The zero-order valence-electron chi connectivity index (χ0n) is 16.8. The monoisotopic (exact) mass is 466 g/mol. The van der Waals surface area contributed by atoms with E-state index in [1.165, 1.54) is 41.3 Å². The van der Waals surface area contributed by atoms with Gasteiger partial charge in [-0.05, 0) is 42.0 Å². The van der Waals surface area contributed by atoms with Crippen molar-refractivity contribution in [3.63, 3.8) is 0 Å². The van der Waals surface area contributed by atoms with Crippen molar-refractivity contribution in [3.8, 4) is 0 Å². The number of hydrogen-bond acceptors (Lipinski definition) is 5. The van der Waals surface area contributed by atoms with Crippen molar-refractivity contribution in [1.82, 2.24) is 10.3 Å². The van der Waals surface area contributed by atoms with Crippen molar-refractivity contribution in [2.45, 2.75) is 10.9 Å². The number of rotatable bonds is 7. The molecule has 0 saturated heterocycles. The number of urea groups is 1. The van der Waals surface area contributed by atoms with Crippen LogP contribution in [0.4, 0.5) is 20.6 Å². The SMILES string of the molecule is O=C(CSc1nc2ccc(NC(=O)Nc3cccc(F)c3)cc2s1)NCc1ccccc1. The predicted molar refractivity (Wildman–Crippen MR) is 128 cm³/mol. The fraction of sp³-hybridized carbons (Fsp3) is 0.0870. The van der Waals surface area contributed by atoms with E-state index in [-0.39, 0.29) is 11.7 Å². The summed E-state index contributed by atoms with van der Waals surface area (Å²) in [6.45, 7) is 0.493. The summed E-state index contributed by atoms with van der Waals surface area (Å²) in [6, 6.07) is 20.3. The highest BCUT2D eigenvalue weighted by Gasteiger charge is 2.10. The minimum Gasteiger partial charge on any atom is -0.351 e. The van der Waals surface area contributed by atoms with Crippen molar-refractivity contribution in [1.29, 1.82) is 0 Å². The van der Waals surface area contributed by atoms with Gasteiger partial charge in [-0.2, -0.15) is 0 Å². The molecule has 3 aromatic carbocycles. The van der Waals surface area contributed by atoms with E-state index >= 15 is 0 Å². The average molecular weight is 467 g/mol. The number of carbonyl (C=O) groups excluding carboxylic acids is 2. The topological polar surface area (TPSA) is 83.1 Å². The number of thioether (sulfide) groups is 1. The maximum atomic E-state index is 13.3. The van der Waals surface area contributed by atoms with E-state index in [9.17, 15) is 14.0 Å². The molecule has 32 heavy (non-hydrogen) atoms. The summed E-state index contributed by atoms with van der Waals surface area (Å²) < 4.78 is 14.9. The standard InChI is InChI=1S/C23H19FN4O2S2/c24-16-7-4-8-17(11-16)26-22(30)27-18-9-10-19-20(12-18)32-23(28-19)31-14-21(29)25-13-15-5-2-1-3-6-15/h1-12H,13-14H2,(H,25,29)(H2,26,27,30). The number of halogens is 1. The third-order valence-electron chi connectivity index (χ3n) is 4.37. The lowest BCUT2D eigenvalue weighted by atomic mass is 10.2. The molecule has 4 aromatic rings. The number of amides is 3. The molecular weight excluding hydrogens is 447 g/mol. The fourth-order valence-corrected chi connectivity index (χ4v) is 4.82. The first-order valence-electron chi connectivity index (χ1n) is 9.73. The molecule has 0 spiro atoms. The molecule has 4 rings (SSSR count). The van der Waals surface area contributed by atoms with Crippen molar-refractivity contribution in [3.05, 3.63) is 84.2 Å². The van der Waals surface area contributed by atoms with Gasteiger partial charge in [-0.1, -0.05) is 48.2 Å². The number of carbonyl (C=O) groups is 2. The molecule has 0 aliphatic rings. The molecule has 0 aliphatic heterocycles. The summed E-state index contributed by atoms with van der Waals surface area (Å²) in [6.07, 6.45) is 0. The Kier molecular flexibility index (Phi) is 6.98. The zero-order valence-corrected chi connectivity index (χ0v) is 18.4. The van der Waals surface area contributed by atoms with Crippen LogP contribution in [0, 0.1) is 5.82 Å². The summed E-state index contributed by atoms with van der Waals surface area (Å²) in [7, 11) is 0. The molecule has 0 fully saturated rings. The van der Waals surface area contributed by atoms with Gasteiger partial charge in [0.25, 0.3) is 0 Å². The van der Waals surface area contributed by atoms with Crippen molar-refractivity contribution in [2.24, 2.45) is 0 Å². The molecule has 1 aromatic heterocycles. The second-order valence-electron chi connectivity index (χ2n) is 6.80. The largest absolute Gasteiger partial charge is 0.351 e. The van der Waals surface area contributed by atoms with E-state index in [1.54, 1.807) is 12.1 Å². The maximum Gasteiger partial charge on any atom is 0.323 e. The van der Waals surface area contributed by atoms with E-state index in [1.807, 2.05) is 42.5 Å². The lowest BCUT2D eigenvalue weighted by molar-refractivity contribution is -0.118. The molecule has 0 bridgehead atoms. The Balaban J connectivity index is 1.31. The van der Waals surface area contributed by atoms with Gasteiger partial charge in [0.15, 0.2) is 4.34 Å². The van der Waals surface area contributed by atoms with E-state index in [4.69, 9.17) is 0 Å². The highest BCUT2D eigenvalue weighted by Crippen LogP contribution is 2.31. The molecule has 0 unspecified atom stereocenters. The number of thiazole rings is 1. The van der Waals surface area contributed by atoms with Crippen LogP contribution in [0.3, 0.4) is 0 Å². The molecule has 9 heteroatoms. The van der Waals surface area contributed by atoms with Crippen LogP contribution < -0.4 is 16.0 Å². The number of hydrogen-bond donors (Lipinski definition) is 3. The number of nitrogens with zero attached hydrogens (tertiary/aromatic N) is 1. The molecule has 3 amide bonds. The maximum absolute atomic E-state index is 13.3. The number of benzene rings is 3. The summed E-state index contributed by atoms with van der Waals surface area (Å²) >= 11 is 2.82. The Bertz CT molecular complexity index is 1250. The Hall–Kier alpha value is -3.43. The van der Waals surface area contributed by atoms with Gasteiger partial charge in [-0.3, -0.25) is 4.79 Å². The second kappa shape index (κ2) is 10.3. The van der Waals surface area contributed by atoms with Gasteiger partial charge in [0.2, 0.25) is 5.91 Å². The van der Waals surface area contributed by atoms with E-state index < -0.39 is 11.8 Å². The van der Waals surface area contributed by atoms with E-state index in [0.29, 0.717) is 17.9 Å². The number of fused-ring (bicyclic) bond motifs is 1. The molecule has 3 N–H and O–H groups in total. The van der Waals surface area contributed by atoms with Gasteiger partial charge in [-0.15, -0.1) is 11.3 Å². The van der Waals surface area contributed by atoms with Crippen molar-refractivity contribution < 1.29 is 14.0 Å².